The van der Waals surface area contributed by atoms with Gasteiger partial charge in [-0.3, -0.25) is 4.79 Å². The number of amides is 1. The zero-order chi connectivity index (χ0) is 22.2. The average Bonchev–Trinajstić information content (AvgIpc) is 3.62. The number of hydrogen-bond acceptors (Lipinski definition) is 4. The monoisotopic (exact) mass is 439 g/mol. The molecule has 0 bridgehead atoms. The summed E-state index contributed by atoms with van der Waals surface area (Å²) in [5, 5.41) is 14.0. The predicted octanol–water partition coefficient (Wildman–Crippen LogP) is 6.19. The summed E-state index contributed by atoms with van der Waals surface area (Å²) in [7, 11) is 0. The quantitative estimate of drug-likeness (QED) is 0.377. The van der Waals surface area contributed by atoms with Crippen LogP contribution in [-0.2, 0) is 0 Å². The Labute approximate surface area is 192 Å². The number of thioether (sulfide) groups is 1. The molecule has 0 atom stereocenters. The number of hydrogen-bond donors (Lipinski definition) is 1. The number of benzene rings is 3. The van der Waals surface area contributed by atoms with Crippen LogP contribution in [0.2, 0.25) is 0 Å². The highest BCUT2D eigenvalue weighted by Gasteiger charge is 2.24. The van der Waals surface area contributed by atoms with Gasteiger partial charge in [0.05, 0.1) is 6.20 Å². The van der Waals surface area contributed by atoms with Crippen LogP contribution in [0.25, 0.3) is 33.2 Å². The van der Waals surface area contributed by atoms with Gasteiger partial charge in [-0.1, -0.05) is 24.3 Å². The molecule has 32 heavy (non-hydrogen) atoms. The third-order valence-corrected chi connectivity index (χ3v) is 6.80. The summed E-state index contributed by atoms with van der Waals surface area (Å²) in [6, 6.07) is 19.1. The van der Waals surface area contributed by atoms with E-state index in [9.17, 15) is 4.79 Å². The second-order valence-corrected chi connectivity index (χ2v) is 9.33. The van der Waals surface area contributed by atoms with Gasteiger partial charge < -0.3 is 5.32 Å². The predicted molar refractivity (Wildman–Crippen MR) is 132 cm³/mol. The Balaban J connectivity index is 1.56. The fourth-order valence-corrected chi connectivity index (χ4v) is 4.55. The van der Waals surface area contributed by atoms with E-state index in [4.69, 9.17) is 0 Å². The molecule has 1 aromatic heterocycles. The molecule has 0 unspecified atom stereocenters. The van der Waals surface area contributed by atoms with Crippen LogP contribution in [0, 0.1) is 13.8 Å². The van der Waals surface area contributed by atoms with E-state index < -0.39 is 0 Å². The molecular formula is C27H25N3OS. The fraction of sp³-hybridized carbons (Fsp3) is 0.222. The molecule has 0 aliphatic heterocycles. The number of aromatic nitrogens is 2. The maximum absolute atomic E-state index is 12.6. The van der Waals surface area contributed by atoms with Gasteiger partial charge in [-0.15, -0.1) is 16.9 Å². The largest absolute Gasteiger partial charge is 0.349 e. The molecule has 1 aliphatic carbocycles. The summed E-state index contributed by atoms with van der Waals surface area (Å²) in [5.74, 6) is 0.00635. The van der Waals surface area contributed by atoms with Crippen molar-refractivity contribution >= 4 is 28.4 Å². The van der Waals surface area contributed by atoms with E-state index >= 15 is 0 Å². The summed E-state index contributed by atoms with van der Waals surface area (Å²) in [5.41, 5.74) is 7.16. The van der Waals surface area contributed by atoms with Crippen molar-refractivity contribution < 1.29 is 4.79 Å². The number of aryl methyl sites for hydroxylation is 2. The van der Waals surface area contributed by atoms with Crippen molar-refractivity contribution in [3.05, 3.63) is 77.5 Å². The fourth-order valence-electron chi connectivity index (χ4n) is 4.05. The Kier molecular flexibility index (Phi) is 5.43. The van der Waals surface area contributed by atoms with Crippen molar-refractivity contribution in [2.45, 2.75) is 37.6 Å². The maximum atomic E-state index is 12.6. The molecule has 1 fully saturated rings. The van der Waals surface area contributed by atoms with Gasteiger partial charge in [0.15, 0.2) is 0 Å². The van der Waals surface area contributed by atoms with Gasteiger partial charge in [0.2, 0.25) is 0 Å². The van der Waals surface area contributed by atoms with Gasteiger partial charge in [0.25, 0.3) is 5.91 Å². The van der Waals surface area contributed by atoms with Crippen LogP contribution in [0.1, 0.15) is 34.3 Å². The van der Waals surface area contributed by atoms with E-state index in [-0.39, 0.29) is 5.91 Å². The smallest absolute Gasteiger partial charge is 0.251 e. The van der Waals surface area contributed by atoms with E-state index in [0.29, 0.717) is 11.6 Å². The van der Waals surface area contributed by atoms with Gasteiger partial charge >= 0.3 is 0 Å². The third kappa shape index (κ3) is 4.00. The van der Waals surface area contributed by atoms with Crippen LogP contribution < -0.4 is 5.32 Å². The minimum absolute atomic E-state index is 0.00635. The molecule has 3 aromatic carbocycles. The van der Waals surface area contributed by atoms with Crippen LogP contribution >= 0.6 is 11.8 Å². The van der Waals surface area contributed by atoms with Crippen molar-refractivity contribution in [1.82, 2.24) is 15.5 Å². The topological polar surface area (TPSA) is 54.9 Å². The van der Waals surface area contributed by atoms with E-state index in [1.807, 2.05) is 24.4 Å². The summed E-state index contributed by atoms with van der Waals surface area (Å²) in [6.45, 7) is 4.19. The molecule has 0 spiro atoms. The van der Waals surface area contributed by atoms with Crippen molar-refractivity contribution in [1.29, 1.82) is 0 Å². The molecule has 4 aromatic rings. The van der Waals surface area contributed by atoms with E-state index in [0.717, 1.165) is 51.6 Å². The molecule has 1 amide bonds. The Hall–Kier alpha value is -3.18. The first kappa shape index (κ1) is 20.7. The highest BCUT2D eigenvalue weighted by molar-refractivity contribution is 7.98. The number of nitrogens with zero attached hydrogens (tertiary/aromatic N) is 2. The highest BCUT2D eigenvalue weighted by atomic mass is 32.2. The van der Waals surface area contributed by atoms with E-state index in [2.05, 4.69) is 72.0 Å². The highest BCUT2D eigenvalue weighted by Crippen LogP contribution is 2.33. The molecule has 0 saturated heterocycles. The summed E-state index contributed by atoms with van der Waals surface area (Å²) >= 11 is 1.74. The first-order valence-electron chi connectivity index (χ1n) is 10.9. The minimum Gasteiger partial charge on any atom is -0.349 e. The van der Waals surface area contributed by atoms with Gasteiger partial charge in [-0.2, -0.15) is 5.10 Å². The first-order valence-corrected chi connectivity index (χ1v) is 12.1. The standard InChI is InChI=1S/C27H25N3OS/c1-16-4-5-19(27(31)29-21-7-8-21)14-25(16)18-6-10-24-20(13-18)15-28-30-26(24)23-11-9-22(32-3)12-17(23)2/h4-6,9-15,21H,7-8H2,1-3H3,(H,29,31). The van der Waals surface area contributed by atoms with Gasteiger partial charge in [0.1, 0.15) is 5.69 Å². The molecular weight excluding hydrogens is 414 g/mol. The Morgan fingerprint density at radius 1 is 0.969 bits per heavy atom. The second kappa shape index (κ2) is 8.40. The van der Waals surface area contributed by atoms with Crippen LogP contribution in [0.15, 0.2) is 65.7 Å². The third-order valence-electron chi connectivity index (χ3n) is 6.07. The van der Waals surface area contributed by atoms with Crippen LogP contribution in [-0.4, -0.2) is 28.4 Å². The number of rotatable bonds is 5. The lowest BCUT2D eigenvalue weighted by Crippen LogP contribution is -2.25. The molecule has 5 rings (SSSR count). The number of fused-ring (bicyclic) bond motifs is 1. The Bertz CT molecular complexity index is 1340. The normalized spacial score (nSPS) is 13.3. The lowest BCUT2D eigenvalue weighted by Gasteiger charge is -2.12. The summed E-state index contributed by atoms with van der Waals surface area (Å²) in [4.78, 5) is 13.8. The van der Waals surface area contributed by atoms with Crippen molar-refractivity contribution in [3.63, 3.8) is 0 Å². The van der Waals surface area contributed by atoms with E-state index in [1.165, 1.54) is 10.5 Å². The van der Waals surface area contributed by atoms with E-state index in [1.54, 1.807) is 11.8 Å². The van der Waals surface area contributed by atoms with Crippen molar-refractivity contribution in [3.8, 4) is 22.4 Å². The molecule has 1 aliphatic rings. The lowest BCUT2D eigenvalue weighted by molar-refractivity contribution is 0.0951. The number of carbonyl (C=O) groups excluding carboxylic acids is 1. The molecule has 0 radical (unpaired) electrons. The zero-order valence-corrected chi connectivity index (χ0v) is 19.3. The Morgan fingerprint density at radius 3 is 2.56 bits per heavy atom. The van der Waals surface area contributed by atoms with Crippen LogP contribution in [0.4, 0.5) is 0 Å². The zero-order valence-electron chi connectivity index (χ0n) is 18.5. The molecule has 1 saturated carbocycles. The second-order valence-electron chi connectivity index (χ2n) is 8.45. The molecule has 1 N–H and O–H groups in total. The van der Waals surface area contributed by atoms with Gasteiger partial charge in [-0.05, 0) is 85.5 Å². The SMILES string of the molecule is CSc1ccc(-c2nncc3cc(-c4cc(C(=O)NC5CC5)ccc4C)ccc23)c(C)c1. The average molecular weight is 440 g/mol. The lowest BCUT2D eigenvalue weighted by atomic mass is 9.94. The molecule has 5 heteroatoms. The van der Waals surface area contributed by atoms with Crippen molar-refractivity contribution in [2.24, 2.45) is 0 Å². The number of carbonyl (C=O) groups is 1. The van der Waals surface area contributed by atoms with Gasteiger partial charge in [-0.25, -0.2) is 0 Å². The summed E-state index contributed by atoms with van der Waals surface area (Å²) in [6.07, 6.45) is 6.06. The molecule has 4 nitrogen and oxygen atoms in total. The maximum Gasteiger partial charge on any atom is 0.251 e. The Morgan fingerprint density at radius 2 is 1.81 bits per heavy atom. The minimum atomic E-state index is 0.00635. The number of nitrogens with one attached hydrogen (secondary N) is 1. The molecule has 1 heterocycles. The van der Waals surface area contributed by atoms with Crippen LogP contribution in [0.3, 0.4) is 0 Å². The van der Waals surface area contributed by atoms with Gasteiger partial charge in [0, 0.05) is 32.8 Å². The first-order chi connectivity index (χ1) is 15.5. The van der Waals surface area contributed by atoms with Crippen molar-refractivity contribution in [2.75, 3.05) is 6.26 Å². The van der Waals surface area contributed by atoms with Crippen LogP contribution in [0.5, 0.6) is 0 Å². The molecule has 160 valence electrons. The summed E-state index contributed by atoms with van der Waals surface area (Å²) < 4.78 is 0.